The number of esters is 2. The van der Waals surface area contributed by atoms with E-state index in [1.165, 1.54) is 42.5 Å². The number of hydrogen-bond acceptors (Lipinski definition) is 6. The van der Waals surface area contributed by atoms with Gasteiger partial charge in [-0.15, -0.1) is 0 Å². The number of methoxy groups -OCH3 is 2. The molecule has 1 aliphatic heterocycles. The van der Waals surface area contributed by atoms with Gasteiger partial charge in [0.1, 0.15) is 17.6 Å². The normalized spacial score (nSPS) is 13.3. The Kier molecular flexibility index (Phi) is 5.72. The summed E-state index contributed by atoms with van der Waals surface area (Å²) in [6.45, 7) is 0. The average Bonchev–Trinajstić information content (AvgIpc) is 2.85. The second kappa shape index (κ2) is 7.77. The molecule has 1 aromatic rings. The zero-order valence-electron chi connectivity index (χ0n) is 13.2. The molecule has 0 fully saturated rings. The fourth-order valence-electron chi connectivity index (χ4n) is 2.18. The SMILES string of the molecule is COC(=O)C1=C(C(=O)OC)N(c2cc(F)c(Br)cc2C#N)C=CC=C1. The molecular formula is C17H12BrFN2O4. The van der Waals surface area contributed by atoms with Crippen LogP contribution in [0.4, 0.5) is 10.1 Å². The lowest BCUT2D eigenvalue weighted by Gasteiger charge is -2.24. The minimum absolute atomic E-state index is 0.0740. The van der Waals surface area contributed by atoms with Gasteiger partial charge in [0.15, 0.2) is 0 Å². The smallest absolute Gasteiger partial charge is 0.355 e. The maximum absolute atomic E-state index is 14.0. The van der Waals surface area contributed by atoms with Gasteiger partial charge < -0.3 is 14.4 Å². The number of halogens is 2. The van der Waals surface area contributed by atoms with Crippen molar-refractivity contribution in [2.75, 3.05) is 19.1 Å². The zero-order chi connectivity index (χ0) is 18.6. The van der Waals surface area contributed by atoms with E-state index in [0.29, 0.717) is 0 Å². The third kappa shape index (κ3) is 3.61. The molecular weight excluding hydrogens is 395 g/mol. The quantitative estimate of drug-likeness (QED) is 0.717. The number of rotatable bonds is 3. The molecule has 128 valence electrons. The van der Waals surface area contributed by atoms with Gasteiger partial charge in [-0.1, -0.05) is 6.08 Å². The first-order chi connectivity index (χ1) is 11.9. The number of hydrogen-bond donors (Lipinski definition) is 0. The maximum atomic E-state index is 14.0. The summed E-state index contributed by atoms with van der Waals surface area (Å²) in [5, 5.41) is 9.35. The Bertz CT molecular complexity index is 868. The van der Waals surface area contributed by atoms with Crippen molar-refractivity contribution in [3.05, 3.63) is 63.7 Å². The van der Waals surface area contributed by atoms with Gasteiger partial charge in [-0.3, -0.25) is 0 Å². The van der Waals surface area contributed by atoms with E-state index in [1.807, 2.05) is 6.07 Å². The Labute approximate surface area is 151 Å². The lowest BCUT2D eigenvalue weighted by molar-refractivity contribution is -0.139. The molecule has 0 radical (unpaired) electrons. The summed E-state index contributed by atoms with van der Waals surface area (Å²) in [5.74, 6) is -2.26. The van der Waals surface area contributed by atoms with E-state index in [4.69, 9.17) is 9.47 Å². The van der Waals surface area contributed by atoms with Crippen molar-refractivity contribution in [2.45, 2.75) is 0 Å². The maximum Gasteiger partial charge on any atom is 0.355 e. The number of ether oxygens (including phenoxy) is 2. The van der Waals surface area contributed by atoms with Gasteiger partial charge in [0.05, 0.1) is 35.5 Å². The average molecular weight is 407 g/mol. The first-order valence-electron chi connectivity index (χ1n) is 6.88. The molecule has 25 heavy (non-hydrogen) atoms. The Hall–Kier alpha value is -2.92. The van der Waals surface area contributed by atoms with Crippen molar-refractivity contribution in [1.29, 1.82) is 5.26 Å². The summed E-state index contributed by atoms with van der Waals surface area (Å²) in [4.78, 5) is 25.6. The van der Waals surface area contributed by atoms with Gasteiger partial charge in [0, 0.05) is 12.3 Å². The van der Waals surface area contributed by atoms with Crippen LogP contribution in [0.3, 0.4) is 0 Å². The molecule has 0 N–H and O–H groups in total. The van der Waals surface area contributed by atoms with Crippen LogP contribution in [0.15, 0.2) is 52.3 Å². The van der Waals surface area contributed by atoms with Crippen LogP contribution in [0.1, 0.15) is 5.56 Å². The van der Waals surface area contributed by atoms with Crippen LogP contribution in [0.5, 0.6) is 0 Å². The topological polar surface area (TPSA) is 79.6 Å². The molecule has 0 atom stereocenters. The Morgan fingerprint density at radius 1 is 1.20 bits per heavy atom. The van der Waals surface area contributed by atoms with Crippen molar-refractivity contribution < 1.29 is 23.5 Å². The van der Waals surface area contributed by atoms with Crippen molar-refractivity contribution in [1.82, 2.24) is 0 Å². The van der Waals surface area contributed by atoms with Gasteiger partial charge in [0.25, 0.3) is 0 Å². The molecule has 0 saturated heterocycles. The highest BCUT2D eigenvalue weighted by Crippen LogP contribution is 2.32. The zero-order valence-corrected chi connectivity index (χ0v) is 14.8. The standard InChI is InChI=1S/C17H12BrFN2O4/c1-24-16(22)11-5-3-4-6-21(15(11)17(23)25-2)14-8-13(19)12(18)7-10(14)9-20/h3-8H,1-2H3. The molecule has 8 heteroatoms. The summed E-state index contributed by atoms with van der Waals surface area (Å²) in [6, 6.07) is 4.29. The molecule has 0 unspecified atom stereocenters. The first-order valence-corrected chi connectivity index (χ1v) is 7.68. The molecule has 6 nitrogen and oxygen atoms in total. The summed E-state index contributed by atoms with van der Waals surface area (Å²) in [6.07, 6.45) is 5.83. The second-order valence-corrected chi connectivity index (χ2v) is 5.57. The fraction of sp³-hybridized carbons (Fsp3) is 0.118. The van der Waals surface area contributed by atoms with Crippen LogP contribution in [0.25, 0.3) is 0 Å². The van der Waals surface area contributed by atoms with E-state index in [1.54, 1.807) is 0 Å². The van der Waals surface area contributed by atoms with E-state index in [9.17, 15) is 19.2 Å². The predicted octanol–water partition coefficient (Wildman–Crippen LogP) is 2.95. The van der Waals surface area contributed by atoms with Crippen LogP contribution in [-0.2, 0) is 19.1 Å². The molecule has 1 aromatic carbocycles. The van der Waals surface area contributed by atoms with Crippen LogP contribution in [0.2, 0.25) is 0 Å². The highest BCUT2D eigenvalue weighted by atomic mass is 79.9. The minimum atomic E-state index is -0.844. The largest absolute Gasteiger partial charge is 0.465 e. The minimum Gasteiger partial charge on any atom is -0.465 e. The van der Waals surface area contributed by atoms with Gasteiger partial charge in [-0.25, -0.2) is 14.0 Å². The summed E-state index contributed by atoms with van der Waals surface area (Å²) >= 11 is 3.01. The van der Waals surface area contributed by atoms with Crippen molar-refractivity contribution >= 4 is 33.6 Å². The third-order valence-electron chi connectivity index (χ3n) is 3.31. The van der Waals surface area contributed by atoms with E-state index >= 15 is 0 Å². The molecule has 0 amide bonds. The van der Waals surface area contributed by atoms with Gasteiger partial charge in [0.2, 0.25) is 0 Å². The fourth-order valence-corrected chi connectivity index (χ4v) is 2.52. The number of carbonyl (C=O) groups excluding carboxylic acids is 2. The molecule has 0 spiro atoms. The van der Waals surface area contributed by atoms with E-state index in [0.717, 1.165) is 13.2 Å². The second-order valence-electron chi connectivity index (χ2n) is 4.71. The predicted molar refractivity (Wildman–Crippen MR) is 90.6 cm³/mol. The summed E-state index contributed by atoms with van der Waals surface area (Å²) in [7, 11) is 2.31. The Balaban J connectivity index is 2.78. The molecule has 1 aliphatic rings. The highest BCUT2D eigenvalue weighted by molar-refractivity contribution is 9.10. The molecule has 0 aliphatic carbocycles. The van der Waals surface area contributed by atoms with E-state index in [2.05, 4.69) is 15.9 Å². The van der Waals surface area contributed by atoms with Crippen molar-refractivity contribution in [3.63, 3.8) is 0 Å². The van der Waals surface area contributed by atoms with E-state index in [-0.39, 0.29) is 27.0 Å². The third-order valence-corrected chi connectivity index (χ3v) is 3.92. The highest BCUT2D eigenvalue weighted by Gasteiger charge is 2.29. The molecule has 0 bridgehead atoms. The number of nitriles is 1. The number of benzene rings is 1. The van der Waals surface area contributed by atoms with Crippen molar-refractivity contribution in [3.8, 4) is 6.07 Å². The Morgan fingerprint density at radius 2 is 1.88 bits per heavy atom. The monoisotopic (exact) mass is 406 g/mol. The Morgan fingerprint density at radius 3 is 2.48 bits per heavy atom. The van der Waals surface area contributed by atoms with Gasteiger partial charge in [-0.2, -0.15) is 5.26 Å². The molecule has 0 saturated carbocycles. The lowest BCUT2D eigenvalue weighted by atomic mass is 10.1. The van der Waals surface area contributed by atoms with Gasteiger partial charge >= 0.3 is 11.9 Å². The van der Waals surface area contributed by atoms with Crippen LogP contribution >= 0.6 is 15.9 Å². The number of carbonyl (C=O) groups is 2. The summed E-state index contributed by atoms with van der Waals surface area (Å²) in [5.41, 5.74) is -0.125. The summed E-state index contributed by atoms with van der Waals surface area (Å²) < 4.78 is 23.6. The van der Waals surface area contributed by atoms with Crippen LogP contribution < -0.4 is 4.90 Å². The first kappa shape index (κ1) is 18.4. The van der Waals surface area contributed by atoms with Crippen LogP contribution in [-0.4, -0.2) is 26.2 Å². The van der Waals surface area contributed by atoms with Crippen molar-refractivity contribution in [2.24, 2.45) is 0 Å². The molecule has 1 heterocycles. The number of allylic oxidation sites excluding steroid dienone is 2. The number of anilines is 1. The van der Waals surface area contributed by atoms with Crippen LogP contribution in [0, 0.1) is 17.1 Å². The number of nitrogens with zero attached hydrogens (tertiary/aromatic N) is 2. The molecule has 0 aromatic heterocycles. The molecule has 2 rings (SSSR count). The van der Waals surface area contributed by atoms with Gasteiger partial charge in [-0.05, 0) is 34.1 Å². The van der Waals surface area contributed by atoms with E-state index < -0.39 is 17.8 Å². The lowest BCUT2D eigenvalue weighted by Crippen LogP contribution is -2.27.